The first-order valence-electron chi connectivity index (χ1n) is 8.09. The van der Waals surface area contributed by atoms with Gasteiger partial charge in [0.2, 0.25) is 0 Å². The second kappa shape index (κ2) is 16.4. The number of unbranched alkanes of at least 4 members (excludes halogenated alkanes) is 9. The predicted octanol–water partition coefficient (Wildman–Crippen LogP) is 3.08. The van der Waals surface area contributed by atoms with Gasteiger partial charge in [-0.3, -0.25) is 4.55 Å². The van der Waals surface area contributed by atoms with E-state index in [2.05, 4.69) is 6.92 Å². The molecule has 21 heavy (non-hydrogen) atoms. The van der Waals surface area contributed by atoms with Crippen molar-refractivity contribution in [3.63, 3.8) is 0 Å². The van der Waals surface area contributed by atoms with Gasteiger partial charge in [0.25, 0.3) is 10.1 Å². The molecule has 0 radical (unpaired) electrons. The topological polar surface area (TPSA) is 57.6 Å². The number of hydrogen-bond acceptors (Lipinski definition) is 3. The predicted molar refractivity (Wildman–Crippen MR) is 92.9 cm³/mol. The summed E-state index contributed by atoms with van der Waals surface area (Å²) < 4.78 is 29.9. The van der Waals surface area contributed by atoms with E-state index in [0.29, 0.717) is 6.54 Å². The minimum absolute atomic E-state index is 0. The normalized spacial score (nSPS) is 11.6. The molecule has 4 nitrogen and oxygen atoms in total. The molecular weight excluding hydrogens is 313 g/mol. The van der Waals surface area contributed by atoms with Crippen LogP contribution in [0.3, 0.4) is 0 Å². The fourth-order valence-corrected chi connectivity index (χ4v) is 2.79. The Morgan fingerprint density at radius 2 is 1.24 bits per heavy atom. The van der Waals surface area contributed by atoms with Crippen LogP contribution in [0, 0.1) is 0 Å². The average molecular weight is 348 g/mol. The summed E-state index contributed by atoms with van der Waals surface area (Å²) in [5.74, 6) is -0.165. The maximum atomic E-state index is 10.6. The van der Waals surface area contributed by atoms with Crippen LogP contribution in [-0.4, -0.2) is 95.1 Å². The molecule has 124 valence electrons. The molecule has 0 bridgehead atoms. The van der Waals surface area contributed by atoms with E-state index < -0.39 is 10.1 Å². The third-order valence-corrected chi connectivity index (χ3v) is 4.32. The first-order valence-corrected chi connectivity index (χ1v) is 9.70. The Balaban J connectivity index is 0. The first kappa shape index (κ1) is 24.8. The number of rotatable bonds is 14. The molecule has 0 saturated carbocycles. The molecule has 1 N–H and O–H groups in total. The van der Waals surface area contributed by atoms with E-state index in [0.717, 1.165) is 13.0 Å². The van der Waals surface area contributed by atoms with Crippen molar-refractivity contribution in [3.05, 3.63) is 0 Å². The summed E-state index contributed by atoms with van der Waals surface area (Å²) in [6.07, 6.45) is 13.1. The Kier molecular flexibility index (Phi) is 19.3. The summed E-state index contributed by atoms with van der Waals surface area (Å²) in [4.78, 5) is 1.97. The quantitative estimate of drug-likeness (QED) is 0.298. The van der Waals surface area contributed by atoms with Gasteiger partial charge in [0.05, 0.1) is 5.75 Å². The molecule has 0 aromatic heterocycles. The fourth-order valence-electron chi connectivity index (χ4n) is 2.25. The van der Waals surface area contributed by atoms with Crippen molar-refractivity contribution in [2.24, 2.45) is 0 Å². The van der Waals surface area contributed by atoms with Crippen molar-refractivity contribution in [1.29, 1.82) is 0 Å². The number of hydrogen-bond donors (Lipinski definition) is 1. The second-order valence-corrected chi connectivity index (χ2v) is 7.34. The van der Waals surface area contributed by atoms with E-state index in [1.165, 1.54) is 57.8 Å². The van der Waals surface area contributed by atoms with E-state index >= 15 is 0 Å². The summed E-state index contributed by atoms with van der Waals surface area (Å²) in [7, 11) is -1.91. The molecule has 0 aromatic carbocycles. The maximum absolute atomic E-state index is 10.6. The van der Waals surface area contributed by atoms with E-state index in [4.69, 9.17) is 4.55 Å². The fraction of sp³-hybridized carbons (Fsp3) is 1.00. The van der Waals surface area contributed by atoms with Crippen LogP contribution in [0.1, 0.15) is 71.1 Å². The summed E-state index contributed by atoms with van der Waals surface area (Å²) in [6, 6.07) is 0. The molecule has 0 saturated heterocycles. The zero-order valence-electron chi connectivity index (χ0n) is 13.3. The van der Waals surface area contributed by atoms with E-state index in [1.807, 2.05) is 11.9 Å². The Hall–Kier alpha value is 1.51. The van der Waals surface area contributed by atoms with Crippen LogP contribution in [0.2, 0.25) is 0 Å². The molecule has 0 atom stereocenters. The van der Waals surface area contributed by atoms with Crippen LogP contribution in [0.15, 0.2) is 0 Å². The molecular formula is C15H34KNO3S. The molecule has 0 aliphatic carbocycles. The monoisotopic (exact) mass is 347 g/mol. The van der Waals surface area contributed by atoms with Crippen molar-refractivity contribution in [1.82, 2.24) is 4.90 Å². The summed E-state index contributed by atoms with van der Waals surface area (Å²) in [5.41, 5.74) is 0. The molecule has 0 spiro atoms. The van der Waals surface area contributed by atoms with Crippen LogP contribution in [-0.2, 0) is 10.1 Å². The Morgan fingerprint density at radius 1 is 0.810 bits per heavy atom. The van der Waals surface area contributed by atoms with Crippen molar-refractivity contribution >= 4 is 61.5 Å². The van der Waals surface area contributed by atoms with Crippen LogP contribution < -0.4 is 0 Å². The van der Waals surface area contributed by atoms with Crippen LogP contribution in [0.25, 0.3) is 0 Å². The summed E-state index contributed by atoms with van der Waals surface area (Å²) in [6.45, 7) is 3.56. The summed E-state index contributed by atoms with van der Waals surface area (Å²) in [5, 5.41) is 0. The third-order valence-electron chi connectivity index (χ3n) is 3.62. The first-order chi connectivity index (χ1) is 9.45. The van der Waals surface area contributed by atoms with Crippen molar-refractivity contribution in [2.75, 3.05) is 25.9 Å². The van der Waals surface area contributed by atoms with Gasteiger partial charge in [-0.2, -0.15) is 8.42 Å². The van der Waals surface area contributed by atoms with Gasteiger partial charge < -0.3 is 4.90 Å². The number of nitrogens with zero attached hydrogens (tertiary/aromatic N) is 1. The second-order valence-electron chi connectivity index (χ2n) is 5.77. The zero-order valence-corrected chi connectivity index (χ0v) is 14.1. The molecule has 0 rings (SSSR count). The standard InChI is InChI=1S/C15H33NO3S.K.H/c1-3-4-5-6-7-8-9-10-11-12-13-16(2)14-15-20(17,18)19;;/h3-15H2,1-2H3,(H,17,18,19);;. The SMILES string of the molecule is CCCCCCCCCCCCN(C)CCS(=O)(=O)O.[KH]. The third kappa shape index (κ3) is 21.5. The minimum atomic E-state index is -3.81. The van der Waals surface area contributed by atoms with Gasteiger partial charge in [-0.05, 0) is 20.0 Å². The van der Waals surface area contributed by atoms with Gasteiger partial charge in [-0.1, -0.05) is 64.7 Å². The zero-order chi connectivity index (χ0) is 15.3. The molecule has 0 amide bonds. The van der Waals surface area contributed by atoms with Crippen LogP contribution >= 0.6 is 0 Å². The van der Waals surface area contributed by atoms with E-state index in [1.54, 1.807) is 0 Å². The molecule has 0 fully saturated rings. The molecule has 0 aliphatic rings. The van der Waals surface area contributed by atoms with Crippen LogP contribution in [0.4, 0.5) is 0 Å². The van der Waals surface area contributed by atoms with Gasteiger partial charge in [0, 0.05) is 6.54 Å². The average Bonchev–Trinajstić information content (AvgIpc) is 2.38. The molecule has 0 aromatic rings. The van der Waals surface area contributed by atoms with Crippen molar-refractivity contribution in [2.45, 2.75) is 71.1 Å². The van der Waals surface area contributed by atoms with E-state index in [9.17, 15) is 8.42 Å². The molecule has 0 heterocycles. The molecule has 0 unspecified atom stereocenters. The van der Waals surface area contributed by atoms with Gasteiger partial charge >= 0.3 is 51.4 Å². The van der Waals surface area contributed by atoms with E-state index in [-0.39, 0.29) is 57.1 Å². The Morgan fingerprint density at radius 3 is 1.67 bits per heavy atom. The van der Waals surface area contributed by atoms with Gasteiger partial charge in [0.1, 0.15) is 0 Å². The molecule has 0 aliphatic heterocycles. The molecule has 6 heteroatoms. The van der Waals surface area contributed by atoms with Crippen molar-refractivity contribution in [3.8, 4) is 0 Å². The Labute approximate surface area is 174 Å². The van der Waals surface area contributed by atoms with Crippen molar-refractivity contribution < 1.29 is 13.0 Å². The van der Waals surface area contributed by atoms with Crippen LogP contribution in [0.5, 0.6) is 0 Å². The summed E-state index contributed by atoms with van der Waals surface area (Å²) >= 11 is 0. The van der Waals surface area contributed by atoms with Gasteiger partial charge in [-0.25, -0.2) is 0 Å². The Bertz CT molecular complexity index is 310. The van der Waals surface area contributed by atoms with Gasteiger partial charge in [-0.15, -0.1) is 0 Å². The van der Waals surface area contributed by atoms with Gasteiger partial charge in [0.15, 0.2) is 0 Å².